The van der Waals surface area contributed by atoms with E-state index in [0.717, 1.165) is 22.5 Å². The van der Waals surface area contributed by atoms with E-state index in [9.17, 15) is 18.0 Å². The molecule has 0 saturated heterocycles. The van der Waals surface area contributed by atoms with Crippen LogP contribution in [-0.2, 0) is 6.18 Å². The number of halogens is 3. The molecule has 5 nitrogen and oxygen atoms in total. The number of carbonyl (C=O) groups excluding carboxylic acids is 1. The van der Waals surface area contributed by atoms with E-state index in [-0.39, 0.29) is 11.3 Å². The van der Waals surface area contributed by atoms with Crippen LogP contribution in [0.1, 0.15) is 16.7 Å². The second kappa shape index (κ2) is 8.82. The molecule has 8 heteroatoms. The number of amides is 2. The number of fused-ring (bicyclic) bond motifs is 1. The van der Waals surface area contributed by atoms with Crippen molar-refractivity contribution in [3.8, 4) is 11.5 Å². The summed E-state index contributed by atoms with van der Waals surface area (Å²) >= 11 is 0. The molecule has 1 heterocycles. The standard InChI is InChI=1S/C25H20F3N3O2/c1-15-6-12-22(23-20(15)4-3-13-29-23)33-19-10-8-17(9-11-19)30-24(32)31-18-7-5-16(2)21(14-18)25(26,27)28/h3-14H,1-2H3,(H2,30,31,32). The van der Waals surface area contributed by atoms with Gasteiger partial charge in [-0.15, -0.1) is 0 Å². The van der Waals surface area contributed by atoms with Crippen molar-refractivity contribution in [3.05, 3.63) is 89.6 Å². The molecule has 0 bridgehead atoms. The van der Waals surface area contributed by atoms with Crippen LogP contribution in [0, 0.1) is 13.8 Å². The molecule has 168 valence electrons. The first-order valence-corrected chi connectivity index (χ1v) is 10.1. The fourth-order valence-corrected chi connectivity index (χ4v) is 3.40. The highest BCUT2D eigenvalue weighted by Crippen LogP contribution is 2.34. The van der Waals surface area contributed by atoms with Crippen molar-refractivity contribution in [1.82, 2.24) is 4.98 Å². The third-order valence-electron chi connectivity index (χ3n) is 5.09. The maximum absolute atomic E-state index is 13.1. The van der Waals surface area contributed by atoms with Crippen molar-refractivity contribution in [3.63, 3.8) is 0 Å². The molecule has 0 atom stereocenters. The van der Waals surface area contributed by atoms with Crippen LogP contribution in [0.2, 0.25) is 0 Å². The van der Waals surface area contributed by atoms with Crippen molar-refractivity contribution < 1.29 is 22.7 Å². The number of rotatable bonds is 4. The molecule has 0 saturated carbocycles. The average molecular weight is 451 g/mol. The summed E-state index contributed by atoms with van der Waals surface area (Å²) in [6.07, 6.45) is -2.79. The molecule has 33 heavy (non-hydrogen) atoms. The summed E-state index contributed by atoms with van der Waals surface area (Å²) in [5.41, 5.74) is 1.63. The van der Waals surface area contributed by atoms with E-state index in [1.165, 1.54) is 19.1 Å². The van der Waals surface area contributed by atoms with Gasteiger partial charge in [0.05, 0.1) is 5.56 Å². The first kappa shape index (κ1) is 22.1. The topological polar surface area (TPSA) is 63.2 Å². The summed E-state index contributed by atoms with van der Waals surface area (Å²) < 4.78 is 45.2. The first-order valence-electron chi connectivity index (χ1n) is 10.1. The number of anilines is 2. The van der Waals surface area contributed by atoms with Gasteiger partial charge in [-0.3, -0.25) is 4.98 Å². The Bertz CT molecular complexity index is 1320. The van der Waals surface area contributed by atoms with Gasteiger partial charge in [-0.05, 0) is 73.5 Å². The number of benzene rings is 3. The van der Waals surface area contributed by atoms with Crippen LogP contribution >= 0.6 is 0 Å². The lowest BCUT2D eigenvalue weighted by Crippen LogP contribution is -2.20. The smallest absolute Gasteiger partial charge is 0.416 e. The molecule has 0 fully saturated rings. The lowest BCUT2D eigenvalue weighted by molar-refractivity contribution is -0.138. The Morgan fingerprint density at radius 1 is 0.879 bits per heavy atom. The molecular weight excluding hydrogens is 431 g/mol. The van der Waals surface area contributed by atoms with E-state index in [2.05, 4.69) is 15.6 Å². The van der Waals surface area contributed by atoms with Gasteiger partial charge in [0.2, 0.25) is 0 Å². The quantitative estimate of drug-likeness (QED) is 0.342. The molecule has 0 aliphatic rings. The highest BCUT2D eigenvalue weighted by molar-refractivity contribution is 5.99. The van der Waals surface area contributed by atoms with Crippen molar-refractivity contribution in [2.75, 3.05) is 10.6 Å². The van der Waals surface area contributed by atoms with Crippen LogP contribution in [0.4, 0.5) is 29.3 Å². The fraction of sp³-hybridized carbons (Fsp3) is 0.120. The van der Waals surface area contributed by atoms with Crippen LogP contribution < -0.4 is 15.4 Å². The number of aryl methyl sites for hydroxylation is 2. The second-order valence-corrected chi connectivity index (χ2v) is 7.51. The maximum Gasteiger partial charge on any atom is 0.416 e. The number of alkyl halides is 3. The fourth-order valence-electron chi connectivity index (χ4n) is 3.40. The Balaban J connectivity index is 1.43. The monoisotopic (exact) mass is 451 g/mol. The van der Waals surface area contributed by atoms with E-state index in [1.54, 1.807) is 30.5 Å². The normalized spacial score (nSPS) is 11.3. The molecule has 2 N–H and O–H groups in total. The predicted molar refractivity (Wildman–Crippen MR) is 122 cm³/mol. The number of hydrogen-bond donors (Lipinski definition) is 2. The molecule has 0 spiro atoms. The number of nitrogens with one attached hydrogen (secondary N) is 2. The van der Waals surface area contributed by atoms with E-state index >= 15 is 0 Å². The van der Waals surface area contributed by atoms with Gasteiger partial charge in [-0.1, -0.05) is 18.2 Å². The predicted octanol–water partition coefficient (Wildman–Crippen LogP) is 7.31. The second-order valence-electron chi connectivity index (χ2n) is 7.51. The first-order chi connectivity index (χ1) is 15.7. The highest BCUT2D eigenvalue weighted by atomic mass is 19.4. The average Bonchev–Trinajstić information content (AvgIpc) is 2.78. The molecule has 1 aromatic heterocycles. The van der Waals surface area contributed by atoms with Crippen LogP contribution in [0.5, 0.6) is 11.5 Å². The zero-order valence-corrected chi connectivity index (χ0v) is 17.8. The molecule has 3 aromatic carbocycles. The SMILES string of the molecule is Cc1ccc(NC(=O)Nc2ccc(Oc3ccc(C)c4cccnc34)cc2)cc1C(F)(F)F. The maximum atomic E-state index is 13.1. The third-order valence-corrected chi connectivity index (χ3v) is 5.09. The van der Waals surface area contributed by atoms with E-state index in [1.807, 2.05) is 31.2 Å². The minimum absolute atomic E-state index is 0.0455. The minimum Gasteiger partial charge on any atom is -0.455 e. The van der Waals surface area contributed by atoms with E-state index < -0.39 is 17.8 Å². The third kappa shape index (κ3) is 5.06. The Morgan fingerprint density at radius 3 is 2.27 bits per heavy atom. The number of pyridine rings is 1. The van der Waals surface area contributed by atoms with Gasteiger partial charge in [0.25, 0.3) is 0 Å². The summed E-state index contributed by atoms with van der Waals surface area (Å²) in [6, 6.07) is 17.2. The van der Waals surface area contributed by atoms with Gasteiger partial charge in [0, 0.05) is 23.0 Å². The summed E-state index contributed by atoms with van der Waals surface area (Å²) in [4.78, 5) is 16.6. The molecule has 0 aliphatic heterocycles. The van der Waals surface area contributed by atoms with Crippen molar-refractivity contribution in [2.24, 2.45) is 0 Å². The van der Waals surface area contributed by atoms with Gasteiger partial charge in [0.15, 0.2) is 5.75 Å². The minimum atomic E-state index is -4.49. The molecule has 0 unspecified atom stereocenters. The van der Waals surface area contributed by atoms with Gasteiger partial charge < -0.3 is 15.4 Å². The van der Waals surface area contributed by atoms with Gasteiger partial charge >= 0.3 is 12.2 Å². The Kier molecular flexibility index (Phi) is 5.91. The van der Waals surface area contributed by atoms with Crippen LogP contribution in [0.3, 0.4) is 0 Å². The number of hydrogen-bond acceptors (Lipinski definition) is 3. The number of carbonyl (C=O) groups is 1. The highest BCUT2D eigenvalue weighted by Gasteiger charge is 2.32. The van der Waals surface area contributed by atoms with Crippen LogP contribution in [0.25, 0.3) is 10.9 Å². The van der Waals surface area contributed by atoms with Crippen LogP contribution in [-0.4, -0.2) is 11.0 Å². The summed E-state index contributed by atoms with van der Waals surface area (Å²) in [6.45, 7) is 3.37. The molecule has 2 amide bonds. The summed E-state index contributed by atoms with van der Waals surface area (Å²) in [5, 5.41) is 6.01. The Hall–Kier alpha value is -4.07. The van der Waals surface area contributed by atoms with Gasteiger partial charge in [-0.25, -0.2) is 4.79 Å². The number of urea groups is 1. The number of nitrogens with zero attached hydrogens (tertiary/aromatic N) is 1. The van der Waals surface area contributed by atoms with E-state index in [0.29, 0.717) is 17.2 Å². The zero-order chi connectivity index (χ0) is 23.6. The van der Waals surface area contributed by atoms with Crippen molar-refractivity contribution in [1.29, 1.82) is 0 Å². The zero-order valence-electron chi connectivity index (χ0n) is 17.8. The lowest BCUT2D eigenvalue weighted by atomic mass is 10.1. The Morgan fingerprint density at radius 2 is 1.55 bits per heavy atom. The molecule has 4 rings (SSSR count). The van der Waals surface area contributed by atoms with Crippen LogP contribution in [0.15, 0.2) is 72.9 Å². The summed E-state index contributed by atoms with van der Waals surface area (Å²) in [5.74, 6) is 1.15. The molecule has 0 radical (unpaired) electrons. The largest absolute Gasteiger partial charge is 0.455 e. The van der Waals surface area contributed by atoms with Crippen molar-refractivity contribution in [2.45, 2.75) is 20.0 Å². The van der Waals surface area contributed by atoms with E-state index in [4.69, 9.17) is 4.74 Å². The molecule has 0 aliphatic carbocycles. The number of aromatic nitrogens is 1. The lowest BCUT2D eigenvalue weighted by Gasteiger charge is -2.13. The summed E-state index contributed by atoms with van der Waals surface area (Å²) in [7, 11) is 0. The van der Waals surface area contributed by atoms with Gasteiger partial charge in [-0.2, -0.15) is 13.2 Å². The van der Waals surface area contributed by atoms with Crippen molar-refractivity contribution >= 4 is 28.3 Å². The Labute approximate surface area is 188 Å². The number of ether oxygens (including phenoxy) is 1. The molecular formula is C25H20F3N3O2. The molecule has 4 aromatic rings. The van der Waals surface area contributed by atoms with Gasteiger partial charge in [0.1, 0.15) is 11.3 Å².